The first-order valence-electron chi connectivity index (χ1n) is 7.19. The molecular weight excluding hydrogens is 383 g/mol. The summed E-state index contributed by atoms with van der Waals surface area (Å²) in [6, 6.07) is 2.25. The van der Waals surface area contributed by atoms with Crippen molar-refractivity contribution < 1.29 is 17.6 Å². The Morgan fingerprint density at radius 1 is 1.12 bits per heavy atom. The molecule has 136 valence electrons. The fourth-order valence-electron chi connectivity index (χ4n) is 2.11. The average molecular weight is 396 g/mol. The zero-order valence-corrected chi connectivity index (χ0v) is 15.5. The second kappa shape index (κ2) is 6.53. The number of carbonyl (C=O) groups excluding carboxylic acids is 1. The number of carbonyl (C=O) groups is 1. The van der Waals surface area contributed by atoms with E-state index < -0.39 is 21.7 Å². The van der Waals surface area contributed by atoms with Crippen LogP contribution in [0.15, 0.2) is 12.1 Å². The number of hydrogen-bond donors (Lipinski definition) is 2. The van der Waals surface area contributed by atoms with E-state index in [1.807, 2.05) is 0 Å². The quantitative estimate of drug-likeness (QED) is 0.689. The molecule has 0 aliphatic rings. The van der Waals surface area contributed by atoms with E-state index in [0.717, 1.165) is 23.7 Å². The molecule has 0 saturated carbocycles. The van der Waals surface area contributed by atoms with E-state index in [4.69, 9.17) is 0 Å². The summed E-state index contributed by atoms with van der Waals surface area (Å²) in [5.74, 6) is -1.29. The number of fused-ring (bicyclic) bond motifs is 1. The number of aromatic nitrogens is 4. The van der Waals surface area contributed by atoms with Crippen molar-refractivity contribution in [2.24, 2.45) is 0 Å². The maximum Gasteiger partial charge on any atom is 0.259 e. The van der Waals surface area contributed by atoms with Crippen molar-refractivity contribution in [1.82, 2.24) is 20.2 Å². The number of rotatable bonds is 4. The Morgan fingerprint density at radius 3 is 2.46 bits per heavy atom. The molecule has 3 rings (SSSR count). The van der Waals surface area contributed by atoms with Crippen molar-refractivity contribution in [2.75, 3.05) is 16.3 Å². The highest BCUT2D eigenvalue weighted by atomic mass is 32.2. The van der Waals surface area contributed by atoms with Crippen LogP contribution in [-0.4, -0.2) is 40.7 Å². The molecule has 9 nitrogen and oxygen atoms in total. The highest BCUT2D eigenvalue weighted by molar-refractivity contribution is 7.92. The van der Waals surface area contributed by atoms with E-state index in [1.165, 1.54) is 6.07 Å². The summed E-state index contributed by atoms with van der Waals surface area (Å²) < 4.78 is 38.4. The van der Waals surface area contributed by atoms with E-state index in [2.05, 4.69) is 30.2 Å². The maximum absolute atomic E-state index is 13.9. The van der Waals surface area contributed by atoms with Crippen LogP contribution in [0.4, 0.5) is 14.7 Å². The van der Waals surface area contributed by atoms with Gasteiger partial charge in [0.2, 0.25) is 20.3 Å². The number of anilines is 2. The predicted octanol–water partition coefficient (Wildman–Crippen LogP) is 1.86. The van der Waals surface area contributed by atoms with Gasteiger partial charge in [0.1, 0.15) is 11.3 Å². The lowest BCUT2D eigenvalue weighted by Crippen LogP contribution is -2.14. The van der Waals surface area contributed by atoms with Crippen LogP contribution < -0.4 is 10.0 Å². The predicted molar refractivity (Wildman–Crippen MR) is 95.3 cm³/mol. The zero-order chi connectivity index (χ0) is 19.1. The van der Waals surface area contributed by atoms with Gasteiger partial charge in [-0.25, -0.2) is 22.8 Å². The van der Waals surface area contributed by atoms with Gasteiger partial charge in [-0.2, -0.15) is 0 Å². The highest BCUT2D eigenvalue weighted by Gasteiger charge is 2.18. The molecule has 0 aliphatic carbocycles. The molecule has 1 amide bonds. The second-order valence-corrected chi connectivity index (χ2v) is 8.18. The van der Waals surface area contributed by atoms with Crippen LogP contribution >= 0.6 is 11.3 Å². The number of aryl methyl sites for hydroxylation is 2. The Bertz CT molecular complexity index is 1130. The molecule has 2 aromatic heterocycles. The van der Waals surface area contributed by atoms with Crippen LogP contribution in [0.3, 0.4) is 0 Å². The van der Waals surface area contributed by atoms with Gasteiger partial charge < -0.3 is 0 Å². The minimum absolute atomic E-state index is 0.00170. The second-order valence-electron chi connectivity index (χ2n) is 5.46. The van der Waals surface area contributed by atoms with Crippen LogP contribution in [0.1, 0.15) is 21.7 Å². The van der Waals surface area contributed by atoms with Gasteiger partial charge in [-0.05, 0) is 19.9 Å². The van der Waals surface area contributed by atoms with E-state index in [9.17, 15) is 17.6 Å². The third-order valence-corrected chi connectivity index (χ3v) is 4.76. The van der Waals surface area contributed by atoms with Crippen LogP contribution in [-0.2, 0) is 10.0 Å². The lowest BCUT2D eigenvalue weighted by Gasteiger charge is -2.08. The van der Waals surface area contributed by atoms with E-state index in [0.29, 0.717) is 11.4 Å². The molecule has 2 N–H and O–H groups in total. The largest absolute Gasteiger partial charge is 0.296 e. The number of nitrogens with one attached hydrogen (secondary N) is 2. The molecule has 1 aromatic carbocycles. The van der Waals surface area contributed by atoms with Crippen molar-refractivity contribution in [3.05, 3.63) is 34.9 Å². The molecule has 0 unspecified atom stereocenters. The van der Waals surface area contributed by atoms with Crippen LogP contribution in [0, 0.1) is 19.7 Å². The fraction of sp³-hybridized carbons (Fsp3) is 0.214. The third-order valence-electron chi connectivity index (χ3n) is 3.31. The average Bonchev–Trinajstić information content (AvgIpc) is 2.93. The zero-order valence-electron chi connectivity index (χ0n) is 13.9. The molecular formula is C14H13FN6O3S2. The molecule has 0 radical (unpaired) electrons. The van der Waals surface area contributed by atoms with Gasteiger partial charge in [0.25, 0.3) is 5.91 Å². The molecule has 3 aromatic rings. The Balaban J connectivity index is 1.94. The van der Waals surface area contributed by atoms with Gasteiger partial charge in [-0.1, -0.05) is 11.3 Å². The molecule has 0 atom stereocenters. The van der Waals surface area contributed by atoms with E-state index in [-0.39, 0.29) is 26.9 Å². The Kier molecular flexibility index (Phi) is 4.54. The molecule has 0 bridgehead atoms. The van der Waals surface area contributed by atoms with Gasteiger partial charge >= 0.3 is 0 Å². The van der Waals surface area contributed by atoms with Crippen LogP contribution in [0.5, 0.6) is 0 Å². The number of sulfonamides is 1. The molecule has 26 heavy (non-hydrogen) atoms. The molecule has 0 spiro atoms. The highest BCUT2D eigenvalue weighted by Crippen LogP contribution is 2.24. The Labute approximate surface area is 151 Å². The van der Waals surface area contributed by atoms with Gasteiger partial charge in [0.05, 0.1) is 28.7 Å². The van der Waals surface area contributed by atoms with Crippen molar-refractivity contribution >= 4 is 48.6 Å². The van der Waals surface area contributed by atoms with Crippen molar-refractivity contribution in [2.45, 2.75) is 13.8 Å². The first kappa shape index (κ1) is 18.1. The maximum atomic E-state index is 13.9. The molecule has 2 heterocycles. The summed E-state index contributed by atoms with van der Waals surface area (Å²) >= 11 is 0.824. The smallest absolute Gasteiger partial charge is 0.259 e. The summed E-state index contributed by atoms with van der Waals surface area (Å²) in [5, 5.41) is 9.80. The number of nitrogens with zero attached hydrogens (tertiary/aromatic N) is 4. The summed E-state index contributed by atoms with van der Waals surface area (Å²) in [4.78, 5) is 21.1. The summed E-state index contributed by atoms with van der Waals surface area (Å²) in [6.07, 6.45) is 0.967. The van der Waals surface area contributed by atoms with Crippen LogP contribution in [0.2, 0.25) is 0 Å². The number of halogens is 1. The number of amides is 1. The minimum atomic E-state index is -3.51. The van der Waals surface area contributed by atoms with Gasteiger partial charge in [0, 0.05) is 6.07 Å². The Hall–Kier alpha value is -2.73. The molecule has 0 fully saturated rings. The number of hydrogen-bond acceptors (Lipinski definition) is 8. The molecule has 0 saturated heterocycles. The first-order chi connectivity index (χ1) is 12.1. The van der Waals surface area contributed by atoms with Crippen molar-refractivity contribution in [3.8, 4) is 0 Å². The normalized spacial score (nSPS) is 11.5. The standard InChI is InChI=1S/C14H13FN6O3S2/c1-6-7(2)17-11-9(4-8(15)5-10(11)16-6)12(22)18-13-19-20-14(25-13)21-26(3,23)24/h4-5H,1-3H3,(H,20,21)(H,18,19,22). The van der Waals surface area contributed by atoms with E-state index in [1.54, 1.807) is 13.8 Å². The summed E-state index contributed by atoms with van der Waals surface area (Å²) in [7, 11) is -3.51. The van der Waals surface area contributed by atoms with Crippen LogP contribution in [0.25, 0.3) is 11.0 Å². The number of benzene rings is 1. The summed E-state index contributed by atoms with van der Waals surface area (Å²) in [5.41, 5.74) is 1.76. The van der Waals surface area contributed by atoms with Crippen molar-refractivity contribution in [3.63, 3.8) is 0 Å². The SMILES string of the molecule is Cc1nc2cc(F)cc(C(=O)Nc3nnc(NS(C)(=O)=O)s3)c2nc1C. The Morgan fingerprint density at radius 2 is 1.77 bits per heavy atom. The fourth-order valence-corrected chi connectivity index (χ4v) is 3.58. The van der Waals surface area contributed by atoms with E-state index >= 15 is 0 Å². The van der Waals surface area contributed by atoms with Gasteiger partial charge in [0.15, 0.2) is 0 Å². The summed E-state index contributed by atoms with van der Waals surface area (Å²) in [6.45, 7) is 3.48. The topological polar surface area (TPSA) is 127 Å². The molecule has 0 aliphatic heterocycles. The van der Waals surface area contributed by atoms with Gasteiger partial charge in [-0.15, -0.1) is 10.2 Å². The molecule has 12 heteroatoms. The van der Waals surface area contributed by atoms with Gasteiger partial charge in [-0.3, -0.25) is 14.8 Å². The lowest BCUT2D eigenvalue weighted by molar-refractivity contribution is 0.102. The first-order valence-corrected chi connectivity index (χ1v) is 9.90. The minimum Gasteiger partial charge on any atom is -0.296 e. The third kappa shape index (κ3) is 3.91. The van der Waals surface area contributed by atoms with Crippen molar-refractivity contribution in [1.29, 1.82) is 0 Å². The monoisotopic (exact) mass is 396 g/mol. The lowest BCUT2D eigenvalue weighted by atomic mass is 10.1.